The Morgan fingerprint density at radius 1 is 0.792 bits per heavy atom. The molecule has 72 heavy (non-hydrogen) atoms. The molecule has 2 unspecified atom stereocenters. The Kier molecular flexibility index (Phi) is 21.2. The number of primary amides is 2. The van der Waals surface area contributed by atoms with Crippen LogP contribution >= 0.6 is 15.6 Å². The van der Waals surface area contributed by atoms with Crippen LogP contribution in [-0.2, 0) is 74.9 Å². The number of H-pyrrole nitrogens is 1. The molecule has 6 amide bonds. The lowest BCUT2D eigenvalue weighted by molar-refractivity contribution is -0.331. The number of ether oxygens (including phenoxy) is 5. The second-order valence-electron chi connectivity index (χ2n) is 16.4. The van der Waals surface area contributed by atoms with Gasteiger partial charge >= 0.3 is 21.3 Å². The van der Waals surface area contributed by atoms with E-state index in [4.69, 9.17) is 44.2 Å². The van der Waals surface area contributed by atoms with Crippen molar-refractivity contribution < 1.29 is 115 Å². The maximum absolute atomic E-state index is 13.6. The highest BCUT2D eigenvalue weighted by atomic mass is 31.3. The van der Waals surface area contributed by atoms with Crippen LogP contribution in [0.2, 0.25) is 0 Å². The smallest absolute Gasteiger partial charge is 0.394 e. The van der Waals surface area contributed by atoms with Crippen LogP contribution in [0.3, 0.4) is 0 Å². The number of aromatic nitrogens is 2. The molecule has 4 heterocycles. The van der Waals surface area contributed by atoms with Crippen LogP contribution in [0.4, 0.5) is 0 Å². The predicted molar refractivity (Wildman–Crippen MR) is 230 cm³/mol. The molecule has 0 saturated carbocycles. The number of amides is 6. The Morgan fingerprint density at radius 2 is 1.39 bits per heavy atom. The summed E-state index contributed by atoms with van der Waals surface area (Å²) in [5, 5.41) is 72.2. The van der Waals surface area contributed by atoms with Crippen molar-refractivity contribution in [1.29, 1.82) is 0 Å². The van der Waals surface area contributed by atoms with E-state index in [1.54, 1.807) is 0 Å². The molecule has 3 saturated heterocycles. The maximum Gasteiger partial charge on any atom is 0.483 e. The van der Waals surface area contributed by atoms with Crippen LogP contribution in [0.5, 0.6) is 0 Å². The van der Waals surface area contributed by atoms with Crippen LogP contribution in [0.15, 0.2) is 21.9 Å². The molecule has 0 spiro atoms. The van der Waals surface area contributed by atoms with E-state index >= 15 is 0 Å². The fraction of sp³-hybridized carbons (Fsp3) is 0.722. The highest BCUT2D eigenvalue weighted by molar-refractivity contribution is 7.61. The lowest BCUT2D eigenvalue weighted by Gasteiger charge is -2.49. The maximum atomic E-state index is 13.6. The third-order valence-electron chi connectivity index (χ3n) is 10.9. The number of hydrogen-bond donors (Lipinski definition) is 15. The quantitative estimate of drug-likeness (QED) is 0.0428. The molecule has 0 aromatic carbocycles. The van der Waals surface area contributed by atoms with Crippen molar-refractivity contribution in [3.8, 4) is 0 Å². The van der Waals surface area contributed by atoms with E-state index in [9.17, 15) is 87.9 Å². The Hall–Kier alpha value is -4.68. The molecule has 34 nitrogen and oxygen atoms in total. The van der Waals surface area contributed by atoms with E-state index in [2.05, 4.69) is 25.6 Å². The first-order chi connectivity index (χ1) is 33.5. The third kappa shape index (κ3) is 15.9. The zero-order valence-electron chi connectivity index (χ0n) is 38.4. The summed E-state index contributed by atoms with van der Waals surface area (Å²) >= 11 is 0. The van der Waals surface area contributed by atoms with Crippen molar-refractivity contribution in [3.05, 3.63) is 33.1 Å². The van der Waals surface area contributed by atoms with Gasteiger partial charge in [-0.2, -0.15) is 4.31 Å². The van der Waals surface area contributed by atoms with Crippen LogP contribution < -0.4 is 44.0 Å². The zero-order valence-corrected chi connectivity index (χ0v) is 40.2. The second kappa shape index (κ2) is 25.5. The number of hydrogen-bond acceptors (Lipinski definition) is 24. The molecule has 1 aromatic heterocycles. The SMILES string of the molecule is CC(=O)N[C@H]1[C@H](O[C@H]2[C@H](O[C@H](C)C(=O)N[C@@H](C)C(=O)N[C@H](CCC(N)=O)C(N)=O)[C@@H](NC(C)=O)[C@@H](OP(=O)(O)OP(=O)(O)OC[C@H]3O[C@@H](n4ccc(=O)[nH]c4=O)[C@H](O)[C@@H]3O)O[C@@H]2CO)O[C@H](CO)[C@@H](O)[C@@H]1O. The molecule has 3 aliphatic rings. The van der Waals surface area contributed by atoms with Gasteiger partial charge in [-0.1, -0.05) is 0 Å². The van der Waals surface area contributed by atoms with Gasteiger partial charge in [-0.05, 0) is 20.3 Å². The van der Waals surface area contributed by atoms with Gasteiger partial charge in [0.15, 0.2) is 18.8 Å². The van der Waals surface area contributed by atoms with E-state index in [-0.39, 0.29) is 12.8 Å². The van der Waals surface area contributed by atoms with E-state index in [0.717, 1.165) is 40.0 Å². The summed E-state index contributed by atoms with van der Waals surface area (Å²) in [6, 6.07) is -5.77. The van der Waals surface area contributed by atoms with Crippen molar-refractivity contribution in [2.24, 2.45) is 11.5 Å². The molecular formula is C36H58N8O26P2. The Morgan fingerprint density at radius 3 is 1.96 bits per heavy atom. The molecule has 0 bridgehead atoms. The van der Waals surface area contributed by atoms with Gasteiger partial charge in [-0.25, -0.2) is 13.9 Å². The van der Waals surface area contributed by atoms with Crippen LogP contribution in [-0.4, -0.2) is 203 Å². The molecule has 19 atom stereocenters. The minimum absolute atomic E-state index is 0.297. The first kappa shape index (κ1) is 59.9. The summed E-state index contributed by atoms with van der Waals surface area (Å²) in [5.74, 6) is -5.84. The largest absolute Gasteiger partial charge is 0.483 e. The number of nitrogens with zero attached hydrogens (tertiary/aromatic N) is 1. The lowest BCUT2D eigenvalue weighted by Crippen LogP contribution is -2.70. The standard InChI is InChI=1S/C36H58N8O26P2/c1-12(31(56)42-16(30(38)55)5-6-20(37)49)39-32(57)13(2)64-29-23(41-15(4)48)35(67-18(10-46)28(29)68-34-22(40-14(3)47)26(53)24(51)17(9-45)66-34)69-72(61,62)70-71(59,60)63-11-19-25(52)27(54)33(65-19)44-8-7-21(50)43-36(44)58/h7-8,12-13,16-19,22-29,33-35,45-46,51-54H,5-6,9-11H2,1-4H3,(H2,37,49)(H2,38,55)(H,39,57)(H,40,47)(H,41,48)(H,42,56)(H,59,60)(H,61,62)(H,43,50,58)/t12-,13+,16+,17+,18+,19+,22+,23+,24+,25+,26+,27+,28+,29+,33+,34-,35+/m0/s1. The summed E-state index contributed by atoms with van der Waals surface area (Å²) in [6.45, 7) is 0.767. The van der Waals surface area contributed by atoms with E-state index in [1.165, 1.54) is 0 Å². The number of aromatic amines is 1. The van der Waals surface area contributed by atoms with Gasteiger partial charge in [-0.15, -0.1) is 0 Å². The number of nitrogens with one attached hydrogen (secondary N) is 5. The molecule has 1 aromatic rings. The van der Waals surface area contributed by atoms with Crippen molar-refractivity contribution in [1.82, 2.24) is 30.8 Å². The molecule has 36 heteroatoms. The normalized spacial score (nSPS) is 32.4. The first-order valence-corrected chi connectivity index (χ1v) is 24.4. The lowest BCUT2D eigenvalue weighted by atomic mass is 9.94. The van der Waals surface area contributed by atoms with E-state index in [0.29, 0.717) is 4.57 Å². The molecule has 408 valence electrons. The second-order valence-corrected chi connectivity index (χ2v) is 19.4. The van der Waals surface area contributed by atoms with Gasteiger partial charge in [0.2, 0.25) is 35.4 Å². The van der Waals surface area contributed by atoms with Gasteiger partial charge < -0.3 is 96.8 Å². The number of aliphatic hydroxyl groups excluding tert-OH is 6. The molecule has 0 aliphatic carbocycles. The fourth-order valence-electron chi connectivity index (χ4n) is 7.36. The van der Waals surface area contributed by atoms with Gasteiger partial charge in [-0.3, -0.25) is 52.2 Å². The van der Waals surface area contributed by atoms with E-state index < -0.39 is 186 Å². The number of carbonyl (C=O) groups excluding carboxylic acids is 6. The Bertz CT molecular complexity index is 2330. The first-order valence-electron chi connectivity index (χ1n) is 21.4. The third-order valence-corrected chi connectivity index (χ3v) is 13.5. The van der Waals surface area contributed by atoms with Gasteiger partial charge in [0.1, 0.15) is 85.2 Å². The molecule has 0 radical (unpaired) electrons. The Balaban J connectivity index is 1.64. The average Bonchev–Trinajstić information content (AvgIpc) is 3.55. The van der Waals surface area contributed by atoms with Gasteiger partial charge in [0.05, 0.1) is 19.8 Å². The zero-order chi connectivity index (χ0) is 54.2. The molecule has 4 rings (SSSR count). The highest BCUT2D eigenvalue weighted by Crippen LogP contribution is 2.61. The highest BCUT2D eigenvalue weighted by Gasteiger charge is 2.55. The van der Waals surface area contributed by atoms with E-state index in [1.807, 2.05) is 4.98 Å². The fourth-order valence-corrected chi connectivity index (χ4v) is 9.52. The van der Waals surface area contributed by atoms with Crippen LogP contribution in [0.1, 0.15) is 46.8 Å². The number of rotatable bonds is 24. The van der Waals surface area contributed by atoms with Gasteiger partial charge in [0, 0.05) is 32.5 Å². The molecule has 17 N–H and O–H groups in total. The van der Waals surface area contributed by atoms with Crippen LogP contribution in [0.25, 0.3) is 0 Å². The average molecular weight is 1080 g/mol. The van der Waals surface area contributed by atoms with Crippen molar-refractivity contribution in [3.63, 3.8) is 0 Å². The van der Waals surface area contributed by atoms with Crippen molar-refractivity contribution in [2.75, 3.05) is 19.8 Å². The molecule has 3 fully saturated rings. The number of aliphatic hydroxyl groups is 6. The summed E-state index contributed by atoms with van der Waals surface area (Å²) in [7, 11) is -11.9. The summed E-state index contributed by atoms with van der Waals surface area (Å²) < 4.78 is 70.3. The van der Waals surface area contributed by atoms with Crippen LogP contribution in [0, 0.1) is 0 Å². The number of nitrogens with two attached hydrogens (primary N) is 2. The topological polar surface area (TPSA) is 527 Å². The summed E-state index contributed by atoms with van der Waals surface area (Å²) in [6.07, 6.45) is -24.5. The monoisotopic (exact) mass is 1080 g/mol. The van der Waals surface area contributed by atoms with Crippen molar-refractivity contribution in [2.45, 2.75) is 145 Å². The molecular weight excluding hydrogens is 1020 g/mol. The van der Waals surface area contributed by atoms with Gasteiger partial charge in [0.25, 0.3) is 5.56 Å². The molecule has 3 aliphatic heterocycles. The Labute approximate surface area is 405 Å². The number of phosphoric acid groups is 2. The summed E-state index contributed by atoms with van der Waals surface area (Å²) in [5.41, 5.74) is 8.53. The predicted octanol–water partition coefficient (Wildman–Crippen LogP) is -8.53. The van der Waals surface area contributed by atoms with Crippen molar-refractivity contribution >= 4 is 51.1 Å². The minimum Gasteiger partial charge on any atom is -0.394 e. The number of phosphoric ester groups is 2. The minimum atomic E-state index is -6.07. The summed E-state index contributed by atoms with van der Waals surface area (Å²) in [4.78, 5) is 122. The number of carbonyl (C=O) groups is 6.